The number of rotatable bonds is 15. The number of carbonyl (C=O) groups excluding carboxylic acids is 3. The van der Waals surface area contributed by atoms with E-state index in [1.807, 2.05) is 67.5 Å². The van der Waals surface area contributed by atoms with Crippen LogP contribution in [0.1, 0.15) is 79.3 Å². The Labute approximate surface area is 331 Å². The highest BCUT2D eigenvalue weighted by Crippen LogP contribution is 2.44. The van der Waals surface area contributed by atoms with Crippen LogP contribution >= 0.6 is 0 Å². The number of hydrogen-bond donors (Lipinski definition) is 5. The number of methoxy groups -OCH3 is 1. The molecule has 12 nitrogen and oxygen atoms in total. The van der Waals surface area contributed by atoms with Gasteiger partial charge in [-0.3, -0.25) is 19.2 Å². The topological polar surface area (TPSA) is 167 Å². The summed E-state index contributed by atoms with van der Waals surface area (Å²) in [7, 11) is 5.42. The molecule has 5 rings (SSSR count). The summed E-state index contributed by atoms with van der Waals surface area (Å²) >= 11 is 0. The molecule has 1 heterocycles. The molecule has 3 aromatic rings. The van der Waals surface area contributed by atoms with Crippen molar-refractivity contribution >= 4 is 17.7 Å². The summed E-state index contributed by atoms with van der Waals surface area (Å²) in [5, 5.41) is 29.3. The minimum absolute atomic E-state index is 0.0477. The molecular formula is C44H61N5O7. The molecule has 0 bridgehead atoms. The molecule has 0 aromatic heterocycles. The van der Waals surface area contributed by atoms with Crippen LogP contribution in [-0.4, -0.2) is 103 Å². The van der Waals surface area contributed by atoms with E-state index in [1.54, 1.807) is 19.1 Å². The van der Waals surface area contributed by atoms with Gasteiger partial charge in [0.2, 0.25) is 11.8 Å². The van der Waals surface area contributed by atoms with Crippen LogP contribution in [0.2, 0.25) is 0 Å². The van der Waals surface area contributed by atoms with E-state index >= 15 is 0 Å². The third kappa shape index (κ3) is 9.96. The number of hydroxylamine groups is 2. The maximum Gasteiger partial charge on any atom is 0.251 e. The molecule has 0 unspecified atom stereocenters. The van der Waals surface area contributed by atoms with Gasteiger partial charge < -0.3 is 36.2 Å². The third-order valence-electron chi connectivity index (χ3n) is 11.8. The standard InChI is InChI=1S/C44H61N5O7/c1-26-22-44(4,5)27(2)17-36(26)47-43(54)39-38(28(3)51)37(25-50)56-49(39)23-30-15-12-16-35(40(30)55-8)31-19-32(41(45)52)21-33(20-31)42(53)46-34(24-48(6)7)18-29-13-10-9-11-14-29/h9-16,19-21,26-28,34,36-39,50-51H,17-18,22-25H2,1-8H3,(H2,45,52)(H,46,53)(H,47,54)/t26-,27+,28-,34-,36-,37-,38-,39-/m0/s1. The lowest BCUT2D eigenvalue weighted by Crippen LogP contribution is -2.55. The molecule has 0 spiro atoms. The average Bonchev–Trinajstić information content (AvgIpc) is 3.52. The van der Waals surface area contributed by atoms with E-state index < -0.39 is 30.1 Å². The van der Waals surface area contributed by atoms with E-state index in [2.05, 4.69) is 38.3 Å². The van der Waals surface area contributed by atoms with Crippen molar-refractivity contribution in [2.45, 2.75) is 90.8 Å². The van der Waals surface area contributed by atoms with E-state index in [0.717, 1.165) is 18.4 Å². The number of nitrogens with one attached hydrogen (secondary N) is 2. The smallest absolute Gasteiger partial charge is 0.251 e. The number of hydrogen-bond acceptors (Lipinski definition) is 9. The predicted octanol–water partition coefficient (Wildman–Crippen LogP) is 4.41. The number of primary amides is 1. The van der Waals surface area contributed by atoms with Crippen molar-refractivity contribution in [3.63, 3.8) is 0 Å². The molecule has 3 amide bonds. The first-order chi connectivity index (χ1) is 26.5. The minimum atomic E-state index is -0.950. The molecule has 2 fully saturated rings. The Morgan fingerprint density at radius 1 is 1.05 bits per heavy atom. The van der Waals surface area contributed by atoms with Gasteiger partial charge in [-0.05, 0) is 86.9 Å². The number of likely N-dealkylation sites (N-methyl/N-ethyl adjacent to an activating group) is 1. The van der Waals surface area contributed by atoms with E-state index in [4.69, 9.17) is 15.3 Å². The van der Waals surface area contributed by atoms with Gasteiger partial charge in [0.05, 0.1) is 26.4 Å². The highest BCUT2D eigenvalue weighted by molar-refractivity contribution is 6.01. The summed E-state index contributed by atoms with van der Waals surface area (Å²) in [6.07, 6.45) is 0.657. The Bertz CT molecular complexity index is 1830. The Hall–Kier alpha value is -4.33. The van der Waals surface area contributed by atoms with Crippen LogP contribution in [0.5, 0.6) is 5.75 Å². The number of nitrogens with two attached hydrogens (primary N) is 1. The lowest BCUT2D eigenvalue weighted by molar-refractivity contribution is -0.182. The maximum absolute atomic E-state index is 14.2. The molecule has 1 aliphatic carbocycles. The SMILES string of the molecule is COc1c(CN2O[C@@H](CO)[C@H]([C@H](C)O)[C@H]2C(=O)N[C@H]2C[C@@H](C)C(C)(C)C[C@@H]2C)cccc1-c1cc(C(N)=O)cc(C(=O)N[C@@H](Cc2ccccc2)CN(C)C)c1. The monoisotopic (exact) mass is 771 g/mol. The Kier molecular flexibility index (Phi) is 14.0. The summed E-state index contributed by atoms with van der Waals surface area (Å²) in [6, 6.07) is 19.1. The normalized spacial score (nSPS) is 24.7. The molecule has 304 valence electrons. The van der Waals surface area contributed by atoms with Crippen molar-refractivity contribution in [2.75, 3.05) is 34.4 Å². The Morgan fingerprint density at radius 3 is 2.38 bits per heavy atom. The van der Waals surface area contributed by atoms with Gasteiger partial charge in [-0.1, -0.05) is 76.2 Å². The van der Waals surface area contributed by atoms with Crippen molar-refractivity contribution in [2.24, 2.45) is 28.9 Å². The van der Waals surface area contributed by atoms with E-state index in [1.165, 1.54) is 18.2 Å². The number of aliphatic hydroxyl groups is 2. The fourth-order valence-electron chi connectivity index (χ4n) is 8.62. The molecule has 3 aromatic carbocycles. The molecule has 12 heteroatoms. The molecule has 0 radical (unpaired) electrons. The fourth-order valence-corrected chi connectivity index (χ4v) is 8.62. The second-order valence-electron chi connectivity index (χ2n) is 16.9. The number of benzene rings is 3. The second-order valence-corrected chi connectivity index (χ2v) is 16.9. The predicted molar refractivity (Wildman–Crippen MR) is 217 cm³/mol. The molecule has 2 aliphatic rings. The molecule has 6 N–H and O–H groups in total. The van der Waals surface area contributed by atoms with Crippen molar-refractivity contribution in [1.82, 2.24) is 20.6 Å². The van der Waals surface area contributed by atoms with Gasteiger partial charge in [-0.15, -0.1) is 0 Å². The number of aliphatic hydroxyl groups excluding tert-OH is 2. The van der Waals surface area contributed by atoms with Crippen LogP contribution in [0.25, 0.3) is 11.1 Å². The first-order valence-electron chi connectivity index (χ1n) is 19.7. The first kappa shape index (κ1) is 42.8. The highest BCUT2D eigenvalue weighted by Gasteiger charge is 2.50. The summed E-state index contributed by atoms with van der Waals surface area (Å²) < 4.78 is 6.00. The van der Waals surface area contributed by atoms with Gasteiger partial charge in [0.25, 0.3) is 5.91 Å². The van der Waals surface area contributed by atoms with Crippen LogP contribution in [0.3, 0.4) is 0 Å². The maximum atomic E-state index is 14.2. The molecule has 8 atom stereocenters. The Balaban J connectivity index is 1.46. The second kappa shape index (κ2) is 18.3. The molecule has 1 saturated carbocycles. The van der Waals surface area contributed by atoms with Crippen molar-refractivity contribution in [3.05, 3.63) is 89.0 Å². The number of amides is 3. The van der Waals surface area contributed by atoms with Crippen LogP contribution in [0.15, 0.2) is 66.7 Å². The van der Waals surface area contributed by atoms with E-state index in [-0.39, 0.29) is 59.5 Å². The minimum Gasteiger partial charge on any atom is -0.496 e. The van der Waals surface area contributed by atoms with Crippen molar-refractivity contribution < 1.29 is 34.2 Å². The van der Waals surface area contributed by atoms with Crippen LogP contribution < -0.4 is 21.1 Å². The van der Waals surface area contributed by atoms with Gasteiger partial charge in [0, 0.05) is 46.8 Å². The lowest BCUT2D eigenvalue weighted by atomic mass is 9.64. The zero-order chi connectivity index (χ0) is 40.9. The number of nitrogens with zero attached hydrogens (tertiary/aromatic N) is 2. The molecular weight excluding hydrogens is 711 g/mol. The summed E-state index contributed by atoms with van der Waals surface area (Å²) in [4.78, 5) is 49.0. The lowest BCUT2D eigenvalue weighted by Gasteiger charge is -2.45. The Morgan fingerprint density at radius 2 is 1.75 bits per heavy atom. The number of ether oxygens (including phenoxy) is 1. The largest absolute Gasteiger partial charge is 0.496 e. The summed E-state index contributed by atoms with van der Waals surface area (Å²) in [5.41, 5.74) is 9.25. The van der Waals surface area contributed by atoms with Crippen LogP contribution in [0.4, 0.5) is 0 Å². The summed E-state index contributed by atoms with van der Waals surface area (Å²) in [6.45, 7) is 10.8. The zero-order valence-electron chi connectivity index (χ0n) is 34.1. The van der Waals surface area contributed by atoms with Gasteiger partial charge in [-0.2, -0.15) is 5.06 Å². The third-order valence-corrected chi connectivity index (χ3v) is 11.8. The molecule has 1 aliphatic heterocycles. The van der Waals surface area contributed by atoms with Gasteiger partial charge in [0.15, 0.2) is 0 Å². The van der Waals surface area contributed by atoms with Crippen LogP contribution in [-0.2, 0) is 22.6 Å². The first-order valence-corrected chi connectivity index (χ1v) is 19.7. The average molecular weight is 772 g/mol. The fraction of sp³-hybridized carbons (Fsp3) is 0.523. The number of para-hydroxylation sites is 1. The van der Waals surface area contributed by atoms with Gasteiger partial charge >= 0.3 is 0 Å². The quantitative estimate of drug-likeness (QED) is 0.151. The number of carbonyl (C=O) groups is 3. The van der Waals surface area contributed by atoms with Crippen LogP contribution in [0, 0.1) is 23.2 Å². The zero-order valence-corrected chi connectivity index (χ0v) is 34.1. The highest BCUT2D eigenvalue weighted by atomic mass is 16.7. The van der Waals surface area contributed by atoms with Gasteiger partial charge in [0.1, 0.15) is 17.9 Å². The molecule has 1 saturated heterocycles. The van der Waals surface area contributed by atoms with Gasteiger partial charge in [-0.25, -0.2) is 0 Å². The van der Waals surface area contributed by atoms with Crippen molar-refractivity contribution in [1.29, 1.82) is 0 Å². The summed E-state index contributed by atoms with van der Waals surface area (Å²) in [5.74, 6) is -0.912. The van der Waals surface area contributed by atoms with E-state index in [9.17, 15) is 24.6 Å². The molecule has 56 heavy (non-hydrogen) atoms. The van der Waals surface area contributed by atoms with E-state index in [0.29, 0.717) is 41.3 Å². The van der Waals surface area contributed by atoms with Crippen molar-refractivity contribution in [3.8, 4) is 16.9 Å².